The van der Waals surface area contributed by atoms with E-state index in [1.54, 1.807) is 6.26 Å². The normalized spacial score (nSPS) is 14.7. The van der Waals surface area contributed by atoms with E-state index in [1.165, 1.54) is 11.8 Å². The highest BCUT2D eigenvalue weighted by atomic mass is 32.2. The average molecular weight is 449 g/mol. The minimum atomic E-state index is -1.39. The molecule has 0 spiro atoms. The van der Waals surface area contributed by atoms with Gasteiger partial charge in [0.15, 0.2) is 0 Å². The summed E-state index contributed by atoms with van der Waals surface area (Å²) in [6.45, 7) is 3.32. The topological polar surface area (TPSA) is 188 Å². The minimum Gasteiger partial charge on any atom is -0.481 e. The number of nitrogens with two attached hydrogens (primary N) is 1. The maximum atomic E-state index is 12.5. The van der Waals surface area contributed by atoms with Crippen molar-refractivity contribution in [2.24, 2.45) is 11.7 Å². The fourth-order valence-electron chi connectivity index (χ4n) is 2.34. The second-order valence-corrected chi connectivity index (χ2v) is 7.85. The molecule has 0 rings (SSSR count). The third kappa shape index (κ3) is 11.0. The fraction of sp³-hybridized carbons (Fsp3) is 0.722. The van der Waals surface area contributed by atoms with Gasteiger partial charge in [-0.1, -0.05) is 20.3 Å². The average Bonchev–Trinajstić information content (AvgIpc) is 2.70. The number of hydrogen-bond acceptors (Lipinski definition) is 7. The van der Waals surface area contributed by atoms with Crippen LogP contribution in [-0.2, 0) is 24.0 Å². The number of amides is 3. The van der Waals surface area contributed by atoms with E-state index in [-0.39, 0.29) is 25.3 Å². The molecule has 0 saturated carbocycles. The molecular formula is C18H32N4O7S. The molecule has 0 aliphatic heterocycles. The molecule has 0 aromatic rings. The van der Waals surface area contributed by atoms with Crippen molar-refractivity contribution >= 4 is 41.4 Å². The van der Waals surface area contributed by atoms with E-state index in [0.717, 1.165) is 0 Å². The van der Waals surface area contributed by atoms with Crippen LogP contribution in [0.4, 0.5) is 0 Å². The Labute approximate surface area is 179 Å². The van der Waals surface area contributed by atoms with E-state index >= 15 is 0 Å². The van der Waals surface area contributed by atoms with E-state index in [1.807, 2.05) is 13.8 Å². The molecule has 0 aromatic heterocycles. The third-order valence-corrected chi connectivity index (χ3v) is 5.15. The van der Waals surface area contributed by atoms with Gasteiger partial charge in [0.1, 0.15) is 12.1 Å². The second kappa shape index (κ2) is 14.6. The summed E-state index contributed by atoms with van der Waals surface area (Å²) in [5, 5.41) is 25.0. The molecule has 0 heterocycles. The van der Waals surface area contributed by atoms with Crippen LogP contribution in [0.3, 0.4) is 0 Å². The van der Waals surface area contributed by atoms with Crippen molar-refractivity contribution in [2.75, 3.05) is 18.6 Å². The van der Waals surface area contributed by atoms with Gasteiger partial charge < -0.3 is 31.9 Å². The summed E-state index contributed by atoms with van der Waals surface area (Å²) in [4.78, 5) is 58.5. The number of aliphatic carboxylic acids is 2. The number of thioether (sulfide) groups is 1. The summed E-state index contributed by atoms with van der Waals surface area (Å²) in [6, 6.07) is -3.18. The van der Waals surface area contributed by atoms with E-state index in [2.05, 4.69) is 16.0 Å². The molecular weight excluding hydrogens is 416 g/mol. The van der Waals surface area contributed by atoms with Gasteiger partial charge in [0.05, 0.1) is 12.6 Å². The molecule has 0 aromatic carbocycles. The van der Waals surface area contributed by atoms with Gasteiger partial charge in [-0.2, -0.15) is 11.8 Å². The van der Waals surface area contributed by atoms with E-state index < -0.39 is 54.2 Å². The molecule has 0 saturated heterocycles. The molecule has 0 aliphatic rings. The molecule has 30 heavy (non-hydrogen) atoms. The highest BCUT2D eigenvalue weighted by Crippen LogP contribution is 2.06. The Bertz CT molecular complexity index is 617. The van der Waals surface area contributed by atoms with Crippen LogP contribution in [0.2, 0.25) is 0 Å². The standard InChI is InChI=1S/C18H32N4O7S/c1-4-10(2)15(19)17(27)20-9-13(23)21-11(7-8-30-3)16(26)22-12(18(28)29)5-6-14(24)25/h10-12,15H,4-9,19H2,1-3H3,(H,20,27)(H,21,23)(H,22,26)(H,24,25)(H,28,29). The third-order valence-electron chi connectivity index (χ3n) is 4.51. The van der Waals surface area contributed by atoms with Crippen LogP contribution in [-0.4, -0.2) is 76.6 Å². The lowest BCUT2D eigenvalue weighted by Crippen LogP contribution is -2.54. The lowest BCUT2D eigenvalue weighted by Gasteiger charge is -2.22. The van der Waals surface area contributed by atoms with Crippen molar-refractivity contribution in [1.82, 2.24) is 16.0 Å². The fourth-order valence-corrected chi connectivity index (χ4v) is 2.82. The molecule has 0 radical (unpaired) electrons. The molecule has 7 N–H and O–H groups in total. The summed E-state index contributed by atoms with van der Waals surface area (Å²) in [5.41, 5.74) is 5.80. The predicted octanol–water partition coefficient (Wildman–Crippen LogP) is -0.852. The van der Waals surface area contributed by atoms with Crippen LogP contribution in [0.25, 0.3) is 0 Å². The van der Waals surface area contributed by atoms with Gasteiger partial charge in [-0.25, -0.2) is 4.79 Å². The first kappa shape index (κ1) is 27.7. The second-order valence-electron chi connectivity index (χ2n) is 6.86. The lowest BCUT2D eigenvalue weighted by atomic mass is 9.99. The Morgan fingerprint density at radius 3 is 2.13 bits per heavy atom. The molecule has 4 unspecified atom stereocenters. The van der Waals surface area contributed by atoms with Gasteiger partial charge in [0.25, 0.3) is 0 Å². The first-order chi connectivity index (χ1) is 14.0. The van der Waals surface area contributed by atoms with Crippen molar-refractivity contribution < 1.29 is 34.2 Å². The minimum absolute atomic E-state index is 0.0630. The first-order valence-corrected chi connectivity index (χ1v) is 11.0. The van der Waals surface area contributed by atoms with Gasteiger partial charge in [-0.3, -0.25) is 19.2 Å². The Morgan fingerprint density at radius 2 is 1.63 bits per heavy atom. The number of hydrogen-bond donors (Lipinski definition) is 6. The van der Waals surface area contributed by atoms with Gasteiger partial charge in [-0.15, -0.1) is 0 Å². The molecule has 11 nitrogen and oxygen atoms in total. The molecule has 0 aliphatic carbocycles. The monoisotopic (exact) mass is 448 g/mol. The smallest absolute Gasteiger partial charge is 0.326 e. The van der Waals surface area contributed by atoms with Gasteiger partial charge in [0.2, 0.25) is 17.7 Å². The van der Waals surface area contributed by atoms with Gasteiger partial charge >= 0.3 is 11.9 Å². The van der Waals surface area contributed by atoms with E-state index in [0.29, 0.717) is 12.2 Å². The zero-order chi connectivity index (χ0) is 23.3. The Balaban J connectivity index is 4.90. The van der Waals surface area contributed by atoms with Crippen LogP contribution >= 0.6 is 11.8 Å². The SMILES string of the molecule is CCC(C)C(N)C(=O)NCC(=O)NC(CCSC)C(=O)NC(CCC(=O)O)C(=O)O. The number of carboxylic acid groups (broad SMARTS) is 2. The molecule has 3 amide bonds. The summed E-state index contributed by atoms with van der Waals surface area (Å²) < 4.78 is 0. The number of carboxylic acids is 2. The van der Waals surface area contributed by atoms with Gasteiger partial charge in [-0.05, 0) is 30.8 Å². The van der Waals surface area contributed by atoms with Crippen molar-refractivity contribution in [3.05, 3.63) is 0 Å². The van der Waals surface area contributed by atoms with E-state index in [9.17, 15) is 29.1 Å². The Morgan fingerprint density at radius 1 is 1.00 bits per heavy atom. The zero-order valence-electron chi connectivity index (χ0n) is 17.5. The summed E-state index contributed by atoms with van der Waals surface area (Å²) in [5.74, 6) is -3.96. The molecule has 4 atom stereocenters. The Hall–Kier alpha value is -2.34. The lowest BCUT2D eigenvalue weighted by molar-refractivity contribution is -0.143. The van der Waals surface area contributed by atoms with Crippen molar-refractivity contribution in [3.63, 3.8) is 0 Å². The summed E-state index contributed by atoms with van der Waals surface area (Å²) in [6.07, 6.45) is 2.01. The van der Waals surface area contributed by atoms with Crippen LogP contribution in [0.5, 0.6) is 0 Å². The first-order valence-electron chi connectivity index (χ1n) is 9.59. The summed E-state index contributed by atoms with van der Waals surface area (Å²) >= 11 is 1.43. The van der Waals surface area contributed by atoms with Crippen LogP contribution in [0.15, 0.2) is 0 Å². The number of carbonyl (C=O) groups is 5. The molecule has 172 valence electrons. The van der Waals surface area contributed by atoms with E-state index in [4.69, 9.17) is 10.8 Å². The van der Waals surface area contributed by atoms with Crippen LogP contribution in [0, 0.1) is 5.92 Å². The van der Waals surface area contributed by atoms with Crippen molar-refractivity contribution in [3.8, 4) is 0 Å². The number of nitrogens with one attached hydrogen (secondary N) is 3. The van der Waals surface area contributed by atoms with Crippen molar-refractivity contribution in [2.45, 2.75) is 57.7 Å². The quantitative estimate of drug-likeness (QED) is 0.185. The Kier molecular flexibility index (Phi) is 13.5. The molecule has 12 heteroatoms. The largest absolute Gasteiger partial charge is 0.481 e. The molecule has 0 fully saturated rings. The number of rotatable bonds is 15. The maximum absolute atomic E-state index is 12.5. The maximum Gasteiger partial charge on any atom is 0.326 e. The van der Waals surface area contributed by atoms with Gasteiger partial charge in [0, 0.05) is 6.42 Å². The predicted molar refractivity (Wildman–Crippen MR) is 112 cm³/mol. The van der Waals surface area contributed by atoms with Crippen LogP contribution in [0.1, 0.15) is 39.5 Å². The number of carbonyl (C=O) groups excluding carboxylic acids is 3. The highest BCUT2D eigenvalue weighted by molar-refractivity contribution is 7.98. The van der Waals surface area contributed by atoms with Crippen LogP contribution < -0.4 is 21.7 Å². The zero-order valence-corrected chi connectivity index (χ0v) is 18.3. The summed E-state index contributed by atoms with van der Waals surface area (Å²) in [7, 11) is 0. The molecule has 0 bridgehead atoms. The highest BCUT2D eigenvalue weighted by Gasteiger charge is 2.27. The van der Waals surface area contributed by atoms with Crippen molar-refractivity contribution in [1.29, 1.82) is 0 Å².